The summed E-state index contributed by atoms with van der Waals surface area (Å²) < 4.78 is 0. The van der Waals surface area contributed by atoms with Gasteiger partial charge in [0.2, 0.25) is 0 Å². The van der Waals surface area contributed by atoms with E-state index in [2.05, 4.69) is 27.4 Å². The van der Waals surface area contributed by atoms with Crippen LogP contribution in [0.5, 0.6) is 0 Å². The molecule has 5 heteroatoms. The molecule has 0 bridgehead atoms. The van der Waals surface area contributed by atoms with Crippen LogP contribution in [-0.2, 0) is 11.2 Å². The zero-order valence-electron chi connectivity index (χ0n) is 7.21. The van der Waals surface area contributed by atoms with Crippen LogP contribution in [0.4, 0.5) is 0 Å². The van der Waals surface area contributed by atoms with E-state index >= 15 is 0 Å². The first kappa shape index (κ1) is 9.47. The Hall–Kier alpha value is -1.62. The summed E-state index contributed by atoms with van der Waals surface area (Å²) >= 11 is 0. The lowest BCUT2D eigenvalue weighted by Gasteiger charge is -2.02. The number of amides is 1. The number of hydrazine groups is 1. The van der Waals surface area contributed by atoms with Gasteiger partial charge < -0.3 is 4.98 Å². The maximum atomic E-state index is 10.7. The number of H-pyrrole nitrogens is 1. The summed E-state index contributed by atoms with van der Waals surface area (Å²) in [5.74, 6) is -0.232. The van der Waals surface area contributed by atoms with Gasteiger partial charge >= 0.3 is 0 Å². The first-order valence-electron chi connectivity index (χ1n) is 3.95. The van der Waals surface area contributed by atoms with Crippen molar-refractivity contribution in [2.75, 3.05) is 6.54 Å². The summed E-state index contributed by atoms with van der Waals surface area (Å²) in [5, 5.41) is 0. The summed E-state index contributed by atoms with van der Waals surface area (Å²) in [7, 11) is 0. The fourth-order valence-electron chi connectivity index (χ4n) is 0.819. The lowest BCUT2D eigenvalue weighted by Crippen LogP contribution is -2.37. The van der Waals surface area contributed by atoms with Crippen LogP contribution in [0.1, 0.15) is 5.69 Å². The Kier molecular flexibility index (Phi) is 3.72. The normalized spacial score (nSPS) is 9.54. The smallest absolute Gasteiger partial charge is 0.257 e. The van der Waals surface area contributed by atoms with E-state index in [1.807, 2.05) is 0 Å². The third-order valence-electron chi connectivity index (χ3n) is 1.47. The van der Waals surface area contributed by atoms with Gasteiger partial charge in [-0.25, -0.2) is 10.4 Å². The second kappa shape index (κ2) is 5.10. The van der Waals surface area contributed by atoms with Crippen LogP contribution in [0.15, 0.2) is 25.2 Å². The second-order valence-corrected chi connectivity index (χ2v) is 2.45. The molecule has 1 rings (SSSR count). The number of aromatic amines is 1. The first-order valence-corrected chi connectivity index (χ1v) is 3.95. The average molecular weight is 180 g/mol. The number of aromatic nitrogens is 2. The lowest BCUT2D eigenvalue weighted by atomic mass is 10.3. The Morgan fingerprint density at radius 3 is 3.23 bits per heavy atom. The van der Waals surface area contributed by atoms with Crippen LogP contribution >= 0.6 is 0 Å². The van der Waals surface area contributed by atoms with Crippen LogP contribution in [0.2, 0.25) is 0 Å². The van der Waals surface area contributed by atoms with Crippen LogP contribution in [-0.4, -0.2) is 22.4 Å². The highest BCUT2D eigenvalue weighted by Crippen LogP contribution is 1.89. The molecular formula is C8H12N4O. The monoisotopic (exact) mass is 180 g/mol. The minimum atomic E-state index is -0.232. The van der Waals surface area contributed by atoms with Crippen molar-refractivity contribution in [3.63, 3.8) is 0 Å². The quantitative estimate of drug-likeness (QED) is 0.333. The third-order valence-corrected chi connectivity index (χ3v) is 1.47. The molecule has 0 fully saturated rings. The van der Waals surface area contributed by atoms with E-state index in [0.717, 1.165) is 12.1 Å². The number of imidazole rings is 1. The number of nitrogens with zero attached hydrogens (tertiary/aromatic N) is 1. The van der Waals surface area contributed by atoms with Gasteiger partial charge in [0.1, 0.15) is 0 Å². The summed E-state index contributed by atoms with van der Waals surface area (Å²) in [6.45, 7) is 3.98. The topological polar surface area (TPSA) is 69.8 Å². The molecule has 1 amide bonds. The molecule has 1 aromatic heterocycles. The molecule has 3 N–H and O–H groups in total. The van der Waals surface area contributed by atoms with Gasteiger partial charge in [0.15, 0.2) is 0 Å². The molecule has 0 aliphatic rings. The van der Waals surface area contributed by atoms with Crippen molar-refractivity contribution < 1.29 is 4.79 Å². The Morgan fingerprint density at radius 1 is 1.77 bits per heavy atom. The van der Waals surface area contributed by atoms with E-state index in [9.17, 15) is 4.79 Å². The standard InChI is InChI=1S/C8H12N4O/c1-2-8(13)12-11-4-3-7-5-9-6-10-7/h2,5-6,11H,1,3-4H2,(H,9,10)(H,12,13). The van der Waals surface area contributed by atoms with Crippen molar-refractivity contribution in [3.8, 4) is 0 Å². The Morgan fingerprint density at radius 2 is 2.62 bits per heavy atom. The molecule has 0 saturated carbocycles. The predicted molar refractivity (Wildman–Crippen MR) is 48.6 cm³/mol. The minimum Gasteiger partial charge on any atom is -0.348 e. The molecule has 0 atom stereocenters. The van der Waals surface area contributed by atoms with Gasteiger partial charge in [-0.1, -0.05) is 6.58 Å². The van der Waals surface area contributed by atoms with Crippen molar-refractivity contribution in [2.45, 2.75) is 6.42 Å². The van der Waals surface area contributed by atoms with Crippen molar-refractivity contribution in [1.82, 2.24) is 20.8 Å². The Labute approximate surface area is 76.2 Å². The van der Waals surface area contributed by atoms with Crippen LogP contribution in [0.3, 0.4) is 0 Å². The number of hydrogen-bond acceptors (Lipinski definition) is 3. The maximum Gasteiger partial charge on any atom is 0.257 e. The van der Waals surface area contributed by atoms with Crippen molar-refractivity contribution in [1.29, 1.82) is 0 Å². The van der Waals surface area contributed by atoms with Gasteiger partial charge in [-0.2, -0.15) is 0 Å². The minimum absolute atomic E-state index is 0.232. The van der Waals surface area contributed by atoms with E-state index in [1.54, 1.807) is 12.5 Å². The highest BCUT2D eigenvalue weighted by atomic mass is 16.2. The van der Waals surface area contributed by atoms with Crippen LogP contribution < -0.4 is 10.9 Å². The highest BCUT2D eigenvalue weighted by molar-refractivity contribution is 5.86. The van der Waals surface area contributed by atoms with E-state index in [-0.39, 0.29) is 5.91 Å². The van der Waals surface area contributed by atoms with E-state index in [0.29, 0.717) is 6.54 Å². The Bertz CT molecular complexity index is 268. The SMILES string of the molecule is C=CC(=O)NNCCc1cnc[nH]1. The van der Waals surface area contributed by atoms with Gasteiger partial charge in [0.25, 0.3) is 5.91 Å². The zero-order chi connectivity index (χ0) is 9.52. The molecule has 0 aliphatic heterocycles. The summed E-state index contributed by atoms with van der Waals surface area (Å²) in [5.41, 5.74) is 6.24. The summed E-state index contributed by atoms with van der Waals surface area (Å²) in [6, 6.07) is 0. The molecule has 0 unspecified atom stereocenters. The van der Waals surface area contributed by atoms with E-state index in [1.165, 1.54) is 6.08 Å². The zero-order valence-corrected chi connectivity index (χ0v) is 7.21. The number of carbonyl (C=O) groups excluding carboxylic acids is 1. The van der Waals surface area contributed by atoms with Crippen molar-refractivity contribution in [3.05, 3.63) is 30.9 Å². The summed E-state index contributed by atoms with van der Waals surface area (Å²) in [6.07, 6.45) is 5.37. The fourth-order valence-corrected chi connectivity index (χ4v) is 0.819. The van der Waals surface area contributed by atoms with Gasteiger partial charge in [-0.15, -0.1) is 0 Å². The molecule has 13 heavy (non-hydrogen) atoms. The summed E-state index contributed by atoms with van der Waals surface area (Å²) in [4.78, 5) is 17.5. The van der Waals surface area contributed by atoms with Crippen molar-refractivity contribution in [2.24, 2.45) is 0 Å². The average Bonchev–Trinajstić information content (AvgIpc) is 2.64. The maximum absolute atomic E-state index is 10.7. The second-order valence-electron chi connectivity index (χ2n) is 2.45. The molecule has 0 radical (unpaired) electrons. The van der Waals surface area contributed by atoms with Gasteiger partial charge in [-0.05, 0) is 6.08 Å². The molecule has 5 nitrogen and oxygen atoms in total. The molecule has 0 aliphatic carbocycles. The third kappa shape index (κ3) is 3.53. The number of hydrogen-bond donors (Lipinski definition) is 3. The largest absolute Gasteiger partial charge is 0.348 e. The van der Waals surface area contributed by atoms with Crippen LogP contribution in [0, 0.1) is 0 Å². The van der Waals surface area contributed by atoms with Gasteiger partial charge in [-0.3, -0.25) is 10.2 Å². The fraction of sp³-hybridized carbons (Fsp3) is 0.250. The van der Waals surface area contributed by atoms with E-state index in [4.69, 9.17) is 0 Å². The molecule has 1 heterocycles. The Balaban J connectivity index is 2.08. The lowest BCUT2D eigenvalue weighted by molar-refractivity contribution is -0.117. The molecule has 0 aromatic carbocycles. The molecule has 0 spiro atoms. The molecule has 1 aromatic rings. The number of carbonyl (C=O) groups is 1. The van der Waals surface area contributed by atoms with Crippen molar-refractivity contribution >= 4 is 5.91 Å². The molecule has 0 saturated heterocycles. The van der Waals surface area contributed by atoms with Gasteiger partial charge in [0.05, 0.1) is 6.33 Å². The van der Waals surface area contributed by atoms with Gasteiger partial charge in [0, 0.05) is 24.9 Å². The highest BCUT2D eigenvalue weighted by Gasteiger charge is 1.94. The van der Waals surface area contributed by atoms with Crippen LogP contribution in [0.25, 0.3) is 0 Å². The first-order chi connectivity index (χ1) is 6.33. The number of nitrogens with one attached hydrogen (secondary N) is 3. The molecular weight excluding hydrogens is 168 g/mol. The number of rotatable bonds is 5. The predicted octanol–water partition coefficient (Wildman–Crippen LogP) is -0.241. The van der Waals surface area contributed by atoms with E-state index < -0.39 is 0 Å². The molecule has 70 valence electrons.